The first-order chi connectivity index (χ1) is 11.2. The normalized spacial score (nSPS) is 12.5. The lowest BCUT2D eigenvalue weighted by Crippen LogP contribution is -2.14. The Labute approximate surface area is 135 Å². The molecule has 0 radical (unpaired) electrons. The van der Waals surface area contributed by atoms with E-state index >= 15 is 0 Å². The van der Waals surface area contributed by atoms with Crippen molar-refractivity contribution >= 4 is 26.7 Å². The number of aryl methyl sites for hydroxylation is 1. The zero-order valence-corrected chi connectivity index (χ0v) is 13.2. The van der Waals surface area contributed by atoms with Gasteiger partial charge in [0.1, 0.15) is 10.5 Å². The predicted octanol–water partition coefficient (Wildman–Crippen LogP) is 3.69. The van der Waals surface area contributed by atoms with Gasteiger partial charge in [-0.3, -0.25) is 4.72 Å². The molecule has 0 amide bonds. The van der Waals surface area contributed by atoms with Crippen molar-refractivity contribution < 1.29 is 21.6 Å². The summed E-state index contributed by atoms with van der Waals surface area (Å²) >= 11 is 0. The number of nitrogens with zero attached hydrogens (tertiary/aromatic N) is 1. The number of aromatic amines is 1. The summed E-state index contributed by atoms with van der Waals surface area (Å²) in [4.78, 5) is 6.61. The second kappa shape index (κ2) is 5.52. The summed E-state index contributed by atoms with van der Waals surface area (Å²) in [5, 5.41) is 0.355. The highest BCUT2D eigenvalue weighted by atomic mass is 32.2. The van der Waals surface area contributed by atoms with Crippen LogP contribution in [-0.2, 0) is 16.2 Å². The zero-order valence-electron chi connectivity index (χ0n) is 12.3. The van der Waals surface area contributed by atoms with Gasteiger partial charge < -0.3 is 4.98 Å². The van der Waals surface area contributed by atoms with E-state index < -0.39 is 21.8 Å². The number of halogens is 3. The first kappa shape index (κ1) is 16.3. The van der Waals surface area contributed by atoms with Gasteiger partial charge >= 0.3 is 6.18 Å². The van der Waals surface area contributed by atoms with Crippen molar-refractivity contribution in [2.75, 3.05) is 4.72 Å². The number of aromatic nitrogens is 2. The van der Waals surface area contributed by atoms with Gasteiger partial charge in [-0.2, -0.15) is 13.2 Å². The summed E-state index contributed by atoms with van der Waals surface area (Å²) in [5.41, 5.74) is -0.658. The second-order valence-corrected chi connectivity index (χ2v) is 6.84. The molecule has 126 valence electrons. The highest BCUT2D eigenvalue weighted by molar-refractivity contribution is 7.93. The minimum Gasteiger partial charge on any atom is -0.345 e. The van der Waals surface area contributed by atoms with Gasteiger partial charge in [-0.05, 0) is 36.8 Å². The molecule has 0 fully saturated rings. The Bertz CT molecular complexity index is 1010. The van der Waals surface area contributed by atoms with Crippen LogP contribution in [-0.4, -0.2) is 18.4 Å². The quantitative estimate of drug-likeness (QED) is 0.752. The van der Waals surface area contributed by atoms with Crippen LogP contribution in [0, 0.1) is 6.92 Å². The second-order valence-electron chi connectivity index (χ2n) is 5.19. The molecule has 9 heteroatoms. The first-order valence-corrected chi connectivity index (χ1v) is 8.29. The van der Waals surface area contributed by atoms with E-state index in [1.807, 2.05) is 0 Å². The van der Waals surface area contributed by atoms with Crippen LogP contribution in [0.25, 0.3) is 11.0 Å². The zero-order chi connectivity index (χ0) is 17.5. The molecule has 1 aromatic carbocycles. The number of alkyl halides is 3. The molecule has 0 aliphatic rings. The molecule has 0 aliphatic heterocycles. The molecule has 5 nitrogen and oxygen atoms in total. The van der Waals surface area contributed by atoms with Gasteiger partial charge in [-0.15, -0.1) is 0 Å². The van der Waals surface area contributed by atoms with Crippen LogP contribution < -0.4 is 4.72 Å². The summed E-state index contributed by atoms with van der Waals surface area (Å²) in [6.07, 6.45) is -1.81. The van der Waals surface area contributed by atoms with Crippen molar-refractivity contribution in [1.29, 1.82) is 0 Å². The van der Waals surface area contributed by atoms with Crippen LogP contribution in [0.3, 0.4) is 0 Å². The average molecular weight is 355 g/mol. The summed E-state index contributed by atoms with van der Waals surface area (Å²) in [6.45, 7) is 1.31. The highest BCUT2D eigenvalue weighted by Gasteiger charge is 2.33. The predicted molar refractivity (Wildman–Crippen MR) is 83.1 cm³/mol. The molecule has 2 heterocycles. The Kier molecular flexibility index (Phi) is 3.75. The smallest absolute Gasteiger partial charge is 0.345 e. The molecule has 0 bridgehead atoms. The monoisotopic (exact) mass is 355 g/mol. The lowest BCUT2D eigenvalue weighted by Gasteiger charge is -2.13. The van der Waals surface area contributed by atoms with Crippen LogP contribution in [0.15, 0.2) is 47.6 Å². The van der Waals surface area contributed by atoms with Crippen LogP contribution >= 0.6 is 0 Å². The summed E-state index contributed by atoms with van der Waals surface area (Å²) in [6, 6.07) is 6.42. The van der Waals surface area contributed by atoms with Crippen molar-refractivity contribution in [2.45, 2.75) is 18.0 Å². The average Bonchev–Trinajstić information content (AvgIpc) is 2.92. The van der Waals surface area contributed by atoms with E-state index in [-0.39, 0.29) is 16.1 Å². The van der Waals surface area contributed by atoms with Crippen LogP contribution in [0.2, 0.25) is 0 Å². The fourth-order valence-corrected chi connectivity index (χ4v) is 3.57. The first-order valence-electron chi connectivity index (χ1n) is 6.81. The van der Waals surface area contributed by atoms with Crippen molar-refractivity contribution in [3.8, 4) is 0 Å². The van der Waals surface area contributed by atoms with E-state index in [9.17, 15) is 21.6 Å². The third-order valence-corrected chi connectivity index (χ3v) is 4.92. The third-order valence-electron chi connectivity index (χ3n) is 3.50. The molecule has 0 saturated carbocycles. The number of pyridine rings is 1. The van der Waals surface area contributed by atoms with Crippen molar-refractivity contribution in [3.05, 3.63) is 53.9 Å². The number of anilines is 1. The van der Waals surface area contributed by atoms with E-state index in [1.54, 1.807) is 12.1 Å². The fraction of sp³-hybridized carbons (Fsp3) is 0.133. The van der Waals surface area contributed by atoms with Crippen molar-refractivity contribution in [2.24, 2.45) is 0 Å². The topological polar surface area (TPSA) is 74.8 Å². The van der Waals surface area contributed by atoms with Crippen LogP contribution in [0.4, 0.5) is 18.9 Å². The van der Waals surface area contributed by atoms with Gasteiger partial charge in [-0.1, -0.05) is 6.07 Å². The number of sulfonamides is 1. The largest absolute Gasteiger partial charge is 0.416 e. The summed E-state index contributed by atoms with van der Waals surface area (Å²) in [5.74, 6) is 0. The summed E-state index contributed by atoms with van der Waals surface area (Å²) < 4.78 is 66.0. The Balaban J connectivity index is 2.01. The third kappa shape index (κ3) is 2.94. The molecule has 0 atom stereocenters. The van der Waals surface area contributed by atoms with Gasteiger partial charge in [0.25, 0.3) is 10.0 Å². The van der Waals surface area contributed by atoms with Gasteiger partial charge in [0.2, 0.25) is 0 Å². The minimum absolute atomic E-state index is 0.0155. The maximum absolute atomic E-state index is 13.0. The number of nitrogens with one attached hydrogen (secondary N) is 2. The molecular formula is C15H12F3N3O2S. The maximum atomic E-state index is 13.0. The SMILES string of the molecule is Cc1ccc(NS(=O)(=O)c2c[nH]c3ncccc23)cc1C(F)(F)F. The number of benzene rings is 1. The maximum Gasteiger partial charge on any atom is 0.416 e. The number of fused-ring (bicyclic) bond motifs is 1. The van der Waals surface area contributed by atoms with Crippen molar-refractivity contribution in [3.63, 3.8) is 0 Å². The number of H-pyrrole nitrogens is 1. The fourth-order valence-electron chi connectivity index (χ4n) is 2.35. The Hall–Kier alpha value is -2.55. The lowest BCUT2D eigenvalue weighted by molar-refractivity contribution is -0.138. The molecule has 2 aromatic heterocycles. The summed E-state index contributed by atoms with van der Waals surface area (Å²) in [7, 11) is -4.06. The van der Waals surface area contributed by atoms with Gasteiger partial charge in [-0.25, -0.2) is 13.4 Å². The number of hydrogen-bond acceptors (Lipinski definition) is 3. The highest BCUT2D eigenvalue weighted by Crippen LogP contribution is 2.34. The van der Waals surface area contributed by atoms with Crippen LogP contribution in [0.1, 0.15) is 11.1 Å². The standard InChI is InChI=1S/C15H12F3N3O2S/c1-9-4-5-10(7-12(9)15(16,17)18)21-24(22,23)13-8-20-14-11(13)3-2-6-19-14/h2-8,21H,1H3,(H,19,20). The van der Waals surface area contributed by atoms with Gasteiger partial charge in [0, 0.05) is 23.5 Å². The van der Waals surface area contributed by atoms with E-state index in [0.29, 0.717) is 11.0 Å². The molecule has 2 N–H and O–H groups in total. The molecule has 0 unspecified atom stereocenters. The van der Waals surface area contributed by atoms with Crippen LogP contribution in [0.5, 0.6) is 0 Å². The lowest BCUT2D eigenvalue weighted by atomic mass is 10.1. The van der Waals surface area contributed by atoms with Gasteiger partial charge in [0.15, 0.2) is 0 Å². The molecular weight excluding hydrogens is 343 g/mol. The minimum atomic E-state index is -4.56. The number of rotatable bonds is 3. The molecule has 24 heavy (non-hydrogen) atoms. The van der Waals surface area contributed by atoms with Gasteiger partial charge in [0.05, 0.1) is 5.56 Å². The Morgan fingerprint density at radius 3 is 2.67 bits per heavy atom. The molecule has 0 spiro atoms. The van der Waals surface area contributed by atoms with E-state index in [4.69, 9.17) is 0 Å². The Morgan fingerprint density at radius 1 is 1.21 bits per heavy atom. The molecule has 0 saturated heterocycles. The Morgan fingerprint density at radius 2 is 1.96 bits per heavy atom. The van der Waals surface area contributed by atoms with Crippen molar-refractivity contribution in [1.82, 2.24) is 9.97 Å². The van der Waals surface area contributed by atoms with E-state index in [1.165, 1.54) is 31.5 Å². The molecule has 0 aliphatic carbocycles. The molecule has 3 rings (SSSR count). The van der Waals surface area contributed by atoms with E-state index in [0.717, 1.165) is 6.07 Å². The molecule has 3 aromatic rings. The van der Waals surface area contributed by atoms with E-state index in [2.05, 4.69) is 14.7 Å². The number of hydrogen-bond donors (Lipinski definition) is 2.